The molecule has 8 heteroatoms. The first-order valence-electron chi connectivity index (χ1n) is 11.2. The van der Waals surface area contributed by atoms with E-state index in [1.165, 1.54) is 25.3 Å². The number of hydrogen-bond donors (Lipinski definition) is 3. The highest BCUT2D eigenvalue weighted by Gasteiger charge is 2.15. The van der Waals surface area contributed by atoms with Gasteiger partial charge in [0.2, 0.25) is 5.95 Å². The molecule has 0 spiro atoms. The molecule has 0 amide bonds. The molecule has 1 saturated heterocycles. The van der Waals surface area contributed by atoms with Crippen LogP contribution in [0.15, 0.2) is 48.7 Å². The first kappa shape index (κ1) is 19.9. The molecule has 0 unspecified atom stereocenters. The summed E-state index contributed by atoms with van der Waals surface area (Å²) in [5.74, 6) is 0.00707. The number of pyridine rings is 2. The molecule has 0 aliphatic carbocycles. The van der Waals surface area contributed by atoms with E-state index in [1.54, 1.807) is 6.20 Å². The zero-order valence-electron chi connectivity index (χ0n) is 18.1. The normalized spacial score (nSPS) is 14.9. The molecule has 0 radical (unpaired) electrons. The van der Waals surface area contributed by atoms with Crippen molar-refractivity contribution < 1.29 is 4.39 Å². The van der Waals surface area contributed by atoms with Crippen LogP contribution in [0, 0.1) is 5.95 Å². The molecule has 1 aliphatic heterocycles. The molecular weight excluding hydrogens is 417 g/mol. The van der Waals surface area contributed by atoms with Gasteiger partial charge in [0.25, 0.3) is 0 Å². The average molecular weight is 442 g/mol. The molecule has 1 aliphatic rings. The first-order valence-corrected chi connectivity index (χ1v) is 11.2. The third-order valence-electron chi connectivity index (χ3n) is 6.43. The summed E-state index contributed by atoms with van der Waals surface area (Å²) in [6.07, 6.45) is 5.42. The largest absolute Gasteiger partial charge is 0.382 e. The van der Waals surface area contributed by atoms with E-state index in [1.807, 2.05) is 36.4 Å². The van der Waals surface area contributed by atoms with Crippen molar-refractivity contribution in [2.24, 2.45) is 0 Å². The SMILES string of the molecule is Nc1n[nH]c2ccc(-c3ccnc4[nH]c(-c5cc(F)nc(CN6CCCCC6)c5)cc34)cc12. The van der Waals surface area contributed by atoms with Crippen LogP contribution in [0.25, 0.3) is 44.3 Å². The van der Waals surface area contributed by atoms with Gasteiger partial charge >= 0.3 is 0 Å². The van der Waals surface area contributed by atoms with E-state index < -0.39 is 5.95 Å². The first-order chi connectivity index (χ1) is 16.1. The monoisotopic (exact) mass is 441 g/mol. The van der Waals surface area contributed by atoms with Crippen LogP contribution in [0.1, 0.15) is 25.0 Å². The van der Waals surface area contributed by atoms with Crippen LogP contribution in [-0.2, 0) is 6.54 Å². The highest BCUT2D eigenvalue weighted by Crippen LogP contribution is 2.33. The van der Waals surface area contributed by atoms with Crippen LogP contribution in [0.2, 0.25) is 0 Å². The minimum absolute atomic E-state index is 0.466. The number of nitrogens with two attached hydrogens (primary N) is 1. The van der Waals surface area contributed by atoms with E-state index in [0.29, 0.717) is 12.4 Å². The molecule has 4 aromatic heterocycles. The number of aromatic nitrogens is 5. The standard InChI is InChI=1S/C25H24FN7/c26-23-12-16(10-17(29-23)14-33-8-2-1-3-9-33)22-13-19-18(6-7-28-25(19)30-22)15-4-5-21-20(11-15)24(27)32-31-21/h4-7,10-13H,1-3,8-9,14H2,(H,28,30)(H3,27,31,32). The molecule has 1 aromatic carbocycles. The minimum atomic E-state index is -0.466. The Morgan fingerprint density at radius 3 is 2.73 bits per heavy atom. The van der Waals surface area contributed by atoms with Gasteiger partial charge in [0.15, 0.2) is 5.82 Å². The number of H-pyrrole nitrogens is 2. The zero-order valence-corrected chi connectivity index (χ0v) is 18.1. The van der Waals surface area contributed by atoms with Crippen molar-refractivity contribution in [3.05, 3.63) is 60.3 Å². The van der Waals surface area contributed by atoms with Crippen LogP contribution in [0.5, 0.6) is 0 Å². The lowest BCUT2D eigenvalue weighted by molar-refractivity contribution is 0.218. The molecule has 0 bridgehead atoms. The molecule has 0 atom stereocenters. The van der Waals surface area contributed by atoms with Crippen LogP contribution >= 0.6 is 0 Å². The number of piperidine rings is 1. The van der Waals surface area contributed by atoms with Gasteiger partial charge < -0.3 is 10.7 Å². The van der Waals surface area contributed by atoms with Gasteiger partial charge in [0.1, 0.15) is 5.65 Å². The number of nitrogens with zero attached hydrogens (tertiary/aromatic N) is 4. The van der Waals surface area contributed by atoms with E-state index in [4.69, 9.17) is 5.73 Å². The summed E-state index contributed by atoms with van der Waals surface area (Å²) < 4.78 is 14.4. The number of rotatable bonds is 4. The highest BCUT2D eigenvalue weighted by molar-refractivity contribution is 5.99. The van der Waals surface area contributed by atoms with Gasteiger partial charge in [-0.1, -0.05) is 12.5 Å². The lowest BCUT2D eigenvalue weighted by Gasteiger charge is -2.26. The number of hydrogen-bond acceptors (Lipinski definition) is 5. The summed E-state index contributed by atoms with van der Waals surface area (Å²) in [6, 6.07) is 13.5. The Balaban J connectivity index is 1.39. The molecule has 1 fully saturated rings. The fourth-order valence-electron chi connectivity index (χ4n) is 4.77. The molecule has 33 heavy (non-hydrogen) atoms. The number of nitrogen functional groups attached to an aromatic ring is 1. The van der Waals surface area contributed by atoms with Crippen LogP contribution in [0.4, 0.5) is 10.2 Å². The van der Waals surface area contributed by atoms with Crippen molar-refractivity contribution in [3.8, 4) is 22.4 Å². The summed E-state index contributed by atoms with van der Waals surface area (Å²) in [7, 11) is 0. The Morgan fingerprint density at radius 2 is 1.85 bits per heavy atom. The maximum Gasteiger partial charge on any atom is 0.213 e. The number of benzene rings is 1. The number of aromatic amines is 2. The zero-order chi connectivity index (χ0) is 22.4. The third-order valence-corrected chi connectivity index (χ3v) is 6.43. The smallest absolute Gasteiger partial charge is 0.213 e. The van der Waals surface area contributed by atoms with Crippen molar-refractivity contribution in [2.75, 3.05) is 18.8 Å². The molecule has 5 aromatic rings. The molecule has 6 rings (SSSR count). The predicted octanol–water partition coefficient (Wildman–Crippen LogP) is 4.88. The predicted molar refractivity (Wildman–Crippen MR) is 128 cm³/mol. The second-order valence-electron chi connectivity index (χ2n) is 8.68. The number of anilines is 1. The molecule has 5 heterocycles. The summed E-state index contributed by atoms with van der Waals surface area (Å²) >= 11 is 0. The van der Waals surface area contributed by atoms with Gasteiger partial charge in [-0.15, -0.1) is 0 Å². The molecule has 0 saturated carbocycles. The van der Waals surface area contributed by atoms with E-state index in [2.05, 4.69) is 30.0 Å². The quantitative estimate of drug-likeness (QED) is 0.345. The second kappa shape index (κ2) is 7.97. The Bertz CT molecular complexity index is 1460. The van der Waals surface area contributed by atoms with Gasteiger partial charge in [0.05, 0.1) is 11.2 Å². The van der Waals surface area contributed by atoms with E-state index in [0.717, 1.165) is 63.1 Å². The van der Waals surface area contributed by atoms with Crippen molar-refractivity contribution in [1.82, 2.24) is 30.0 Å². The topological polar surface area (TPSA) is 99.5 Å². The fourth-order valence-corrected chi connectivity index (χ4v) is 4.77. The minimum Gasteiger partial charge on any atom is -0.382 e. The van der Waals surface area contributed by atoms with E-state index in [-0.39, 0.29) is 0 Å². The van der Waals surface area contributed by atoms with Gasteiger partial charge in [-0.2, -0.15) is 9.49 Å². The molecular formula is C25H24FN7. The average Bonchev–Trinajstić information content (AvgIpc) is 3.43. The Labute approximate surface area is 189 Å². The maximum atomic E-state index is 14.4. The van der Waals surface area contributed by atoms with Crippen molar-refractivity contribution in [1.29, 1.82) is 0 Å². The maximum absolute atomic E-state index is 14.4. The van der Waals surface area contributed by atoms with Crippen LogP contribution in [0.3, 0.4) is 0 Å². The van der Waals surface area contributed by atoms with E-state index >= 15 is 0 Å². The molecule has 4 N–H and O–H groups in total. The third kappa shape index (κ3) is 3.72. The van der Waals surface area contributed by atoms with Crippen molar-refractivity contribution >= 4 is 27.8 Å². The lowest BCUT2D eigenvalue weighted by atomic mass is 10.0. The van der Waals surface area contributed by atoms with Gasteiger partial charge in [-0.3, -0.25) is 10.00 Å². The number of nitrogens with one attached hydrogen (secondary N) is 2. The summed E-state index contributed by atoms with van der Waals surface area (Å²) in [4.78, 5) is 14.4. The Kier molecular flexibility index (Phi) is 4.80. The van der Waals surface area contributed by atoms with E-state index in [9.17, 15) is 4.39 Å². The summed E-state index contributed by atoms with van der Waals surface area (Å²) in [6.45, 7) is 2.75. The highest BCUT2D eigenvalue weighted by atomic mass is 19.1. The summed E-state index contributed by atoms with van der Waals surface area (Å²) in [5, 5.41) is 8.86. The number of likely N-dealkylation sites (tertiary alicyclic amines) is 1. The number of fused-ring (bicyclic) bond motifs is 2. The van der Waals surface area contributed by atoms with Crippen molar-refractivity contribution in [3.63, 3.8) is 0 Å². The molecule has 7 nitrogen and oxygen atoms in total. The summed E-state index contributed by atoms with van der Waals surface area (Å²) in [5.41, 5.74) is 12.0. The Morgan fingerprint density at radius 1 is 0.970 bits per heavy atom. The number of halogens is 1. The second-order valence-corrected chi connectivity index (χ2v) is 8.68. The lowest BCUT2D eigenvalue weighted by Crippen LogP contribution is -2.29. The van der Waals surface area contributed by atoms with Crippen LogP contribution in [-0.4, -0.2) is 43.1 Å². The Hall–Kier alpha value is -3.78. The van der Waals surface area contributed by atoms with Crippen molar-refractivity contribution in [2.45, 2.75) is 25.8 Å². The fraction of sp³-hybridized carbons (Fsp3) is 0.240. The van der Waals surface area contributed by atoms with Crippen LogP contribution < -0.4 is 5.73 Å². The van der Waals surface area contributed by atoms with Gasteiger partial charge in [0, 0.05) is 40.8 Å². The molecule has 166 valence electrons. The van der Waals surface area contributed by atoms with Gasteiger partial charge in [-0.25, -0.2) is 9.97 Å². The van der Waals surface area contributed by atoms with Gasteiger partial charge in [-0.05, 0) is 67.4 Å².